The summed E-state index contributed by atoms with van der Waals surface area (Å²) in [5.41, 5.74) is 0. The molecule has 0 spiro atoms. The molecule has 90 valence electrons. The molecule has 0 aliphatic heterocycles. The van der Waals surface area contributed by atoms with Crippen LogP contribution in [0.5, 0.6) is 0 Å². The van der Waals surface area contributed by atoms with Crippen LogP contribution in [0.4, 0.5) is 0 Å². The van der Waals surface area contributed by atoms with Gasteiger partial charge in [0.1, 0.15) is 0 Å². The van der Waals surface area contributed by atoms with E-state index in [1.165, 1.54) is 0 Å². The molecular weight excluding hydrogens is 190 g/mol. The Bertz CT molecular complexity index is 192. The lowest BCUT2D eigenvalue weighted by Gasteiger charge is -2.20. The van der Waals surface area contributed by atoms with Gasteiger partial charge in [-0.1, -0.05) is 41.0 Å². The predicted octanol–water partition coefficient (Wildman–Crippen LogP) is 1.80. The predicted molar refractivity (Wildman–Crippen MR) is 62.5 cm³/mol. The van der Waals surface area contributed by atoms with Gasteiger partial charge in [0.05, 0.1) is 6.10 Å². The molecule has 1 amide bonds. The summed E-state index contributed by atoms with van der Waals surface area (Å²) < 4.78 is 0. The lowest BCUT2D eigenvalue weighted by atomic mass is 9.93. The van der Waals surface area contributed by atoms with Crippen LogP contribution in [0.3, 0.4) is 0 Å². The Labute approximate surface area is 93.3 Å². The van der Waals surface area contributed by atoms with E-state index in [2.05, 4.69) is 19.2 Å². The first-order valence-electron chi connectivity index (χ1n) is 5.85. The Morgan fingerprint density at radius 3 is 2.20 bits per heavy atom. The fourth-order valence-electron chi connectivity index (χ4n) is 1.21. The van der Waals surface area contributed by atoms with E-state index >= 15 is 0 Å². The average molecular weight is 215 g/mol. The van der Waals surface area contributed by atoms with Crippen molar-refractivity contribution in [2.45, 2.75) is 47.1 Å². The Kier molecular flexibility index (Phi) is 6.57. The zero-order chi connectivity index (χ0) is 12.0. The normalized spacial score (nSPS) is 17.3. The van der Waals surface area contributed by atoms with E-state index in [0.717, 1.165) is 6.42 Å². The average Bonchev–Trinajstić information content (AvgIpc) is 2.22. The summed E-state index contributed by atoms with van der Waals surface area (Å²) in [5.74, 6) is 0.642. The van der Waals surface area contributed by atoms with Crippen molar-refractivity contribution in [1.82, 2.24) is 5.32 Å². The number of rotatable bonds is 6. The van der Waals surface area contributed by atoms with Gasteiger partial charge in [-0.2, -0.15) is 0 Å². The van der Waals surface area contributed by atoms with E-state index < -0.39 is 6.10 Å². The van der Waals surface area contributed by atoms with Crippen molar-refractivity contribution in [1.29, 1.82) is 0 Å². The van der Waals surface area contributed by atoms with Crippen molar-refractivity contribution in [2.75, 3.05) is 6.54 Å². The van der Waals surface area contributed by atoms with Gasteiger partial charge in [0.2, 0.25) is 5.91 Å². The van der Waals surface area contributed by atoms with E-state index in [-0.39, 0.29) is 17.7 Å². The highest BCUT2D eigenvalue weighted by Crippen LogP contribution is 2.14. The van der Waals surface area contributed by atoms with Crippen LogP contribution in [0.25, 0.3) is 0 Å². The molecule has 2 N–H and O–H groups in total. The number of carbonyl (C=O) groups excluding carboxylic acids is 1. The summed E-state index contributed by atoms with van der Waals surface area (Å²) >= 11 is 0. The monoisotopic (exact) mass is 215 g/mol. The fourth-order valence-corrected chi connectivity index (χ4v) is 1.21. The minimum absolute atomic E-state index is 0.0226. The lowest BCUT2D eigenvalue weighted by molar-refractivity contribution is -0.126. The summed E-state index contributed by atoms with van der Waals surface area (Å²) in [4.78, 5) is 11.6. The molecule has 0 aromatic rings. The molecule has 0 aromatic carbocycles. The standard InChI is InChI=1S/C12H25NO2/c1-6-9(4)10(5)12(15)13-7-11(14)8(2)3/h8-11,14H,6-7H2,1-5H3,(H,13,15). The van der Waals surface area contributed by atoms with Gasteiger partial charge in [-0.15, -0.1) is 0 Å². The summed E-state index contributed by atoms with van der Waals surface area (Å²) in [6.07, 6.45) is 0.555. The Hall–Kier alpha value is -0.570. The number of hydrogen-bond acceptors (Lipinski definition) is 2. The third-order valence-electron chi connectivity index (χ3n) is 3.17. The highest BCUT2D eigenvalue weighted by atomic mass is 16.3. The molecule has 0 radical (unpaired) electrons. The zero-order valence-corrected chi connectivity index (χ0v) is 10.6. The smallest absolute Gasteiger partial charge is 0.223 e. The largest absolute Gasteiger partial charge is 0.391 e. The van der Waals surface area contributed by atoms with E-state index in [1.54, 1.807) is 0 Å². The summed E-state index contributed by atoms with van der Waals surface area (Å²) in [6.45, 7) is 10.3. The van der Waals surface area contributed by atoms with Crippen molar-refractivity contribution in [3.05, 3.63) is 0 Å². The number of hydrogen-bond donors (Lipinski definition) is 2. The molecule has 0 aliphatic rings. The topological polar surface area (TPSA) is 49.3 Å². The van der Waals surface area contributed by atoms with Crippen LogP contribution in [0.2, 0.25) is 0 Å². The molecule has 0 saturated carbocycles. The Morgan fingerprint density at radius 2 is 1.80 bits per heavy atom. The number of aliphatic hydroxyl groups excluding tert-OH is 1. The van der Waals surface area contributed by atoms with Gasteiger partial charge >= 0.3 is 0 Å². The van der Waals surface area contributed by atoms with E-state index in [9.17, 15) is 9.90 Å². The highest BCUT2D eigenvalue weighted by molar-refractivity contribution is 5.78. The second kappa shape index (κ2) is 6.83. The van der Waals surface area contributed by atoms with Gasteiger partial charge in [0.25, 0.3) is 0 Å². The van der Waals surface area contributed by atoms with Crippen LogP contribution in [0.15, 0.2) is 0 Å². The van der Waals surface area contributed by atoms with Crippen molar-refractivity contribution in [3.8, 4) is 0 Å². The minimum atomic E-state index is -0.446. The Balaban J connectivity index is 3.93. The van der Waals surface area contributed by atoms with Gasteiger partial charge in [0, 0.05) is 12.5 Å². The van der Waals surface area contributed by atoms with Gasteiger partial charge in [0.15, 0.2) is 0 Å². The van der Waals surface area contributed by atoms with Gasteiger partial charge in [-0.3, -0.25) is 4.79 Å². The maximum absolute atomic E-state index is 11.6. The summed E-state index contributed by atoms with van der Waals surface area (Å²) in [6, 6.07) is 0. The maximum Gasteiger partial charge on any atom is 0.223 e. The maximum atomic E-state index is 11.6. The van der Waals surface area contributed by atoms with Crippen LogP contribution in [-0.2, 0) is 4.79 Å². The molecule has 0 fully saturated rings. The molecule has 3 nitrogen and oxygen atoms in total. The zero-order valence-electron chi connectivity index (χ0n) is 10.6. The minimum Gasteiger partial charge on any atom is -0.391 e. The number of nitrogens with one attached hydrogen (secondary N) is 1. The lowest BCUT2D eigenvalue weighted by Crippen LogP contribution is -2.39. The third kappa shape index (κ3) is 5.17. The molecule has 0 bridgehead atoms. The van der Waals surface area contributed by atoms with Crippen molar-refractivity contribution >= 4 is 5.91 Å². The van der Waals surface area contributed by atoms with Crippen molar-refractivity contribution in [3.63, 3.8) is 0 Å². The van der Waals surface area contributed by atoms with Crippen LogP contribution < -0.4 is 5.32 Å². The van der Waals surface area contributed by atoms with E-state index in [1.807, 2.05) is 20.8 Å². The van der Waals surface area contributed by atoms with Gasteiger partial charge < -0.3 is 10.4 Å². The van der Waals surface area contributed by atoms with Gasteiger partial charge in [-0.25, -0.2) is 0 Å². The van der Waals surface area contributed by atoms with Crippen LogP contribution in [0.1, 0.15) is 41.0 Å². The second-order valence-corrected chi connectivity index (χ2v) is 4.73. The van der Waals surface area contributed by atoms with Crippen LogP contribution in [0, 0.1) is 17.8 Å². The van der Waals surface area contributed by atoms with Gasteiger partial charge in [-0.05, 0) is 11.8 Å². The molecule has 3 atom stereocenters. The number of aliphatic hydroxyl groups is 1. The molecule has 0 aromatic heterocycles. The third-order valence-corrected chi connectivity index (χ3v) is 3.17. The van der Waals surface area contributed by atoms with Crippen LogP contribution >= 0.6 is 0 Å². The first kappa shape index (κ1) is 14.4. The molecule has 0 aliphatic carbocycles. The molecule has 0 rings (SSSR count). The van der Waals surface area contributed by atoms with Crippen molar-refractivity contribution < 1.29 is 9.90 Å². The first-order valence-corrected chi connectivity index (χ1v) is 5.85. The quantitative estimate of drug-likeness (QED) is 0.710. The highest BCUT2D eigenvalue weighted by Gasteiger charge is 2.19. The van der Waals surface area contributed by atoms with E-state index in [4.69, 9.17) is 0 Å². The first-order chi connectivity index (χ1) is 6.90. The molecular formula is C12H25NO2. The molecule has 0 heterocycles. The second-order valence-electron chi connectivity index (χ2n) is 4.73. The molecule has 3 unspecified atom stereocenters. The molecule has 15 heavy (non-hydrogen) atoms. The summed E-state index contributed by atoms with van der Waals surface area (Å²) in [5, 5.41) is 12.3. The molecule has 0 saturated heterocycles. The van der Waals surface area contributed by atoms with E-state index in [0.29, 0.717) is 12.5 Å². The Morgan fingerprint density at radius 1 is 1.27 bits per heavy atom. The number of carbonyl (C=O) groups is 1. The summed E-state index contributed by atoms with van der Waals surface area (Å²) in [7, 11) is 0. The van der Waals surface area contributed by atoms with Crippen molar-refractivity contribution in [2.24, 2.45) is 17.8 Å². The SMILES string of the molecule is CCC(C)C(C)C(=O)NCC(O)C(C)C. The van der Waals surface area contributed by atoms with Crippen LogP contribution in [-0.4, -0.2) is 23.7 Å². The fraction of sp³-hybridized carbons (Fsp3) is 0.917. The number of amides is 1. The molecule has 3 heteroatoms.